The number of sulfonamides is 2. The van der Waals surface area contributed by atoms with Gasteiger partial charge in [-0.2, -0.15) is 12.7 Å². The van der Waals surface area contributed by atoms with E-state index in [1.807, 2.05) is 13.8 Å². The van der Waals surface area contributed by atoms with Crippen molar-refractivity contribution in [2.24, 2.45) is 13.0 Å². The lowest BCUT2D eigenvalue weighted by atomic mass is 10.0. The molecule has 0 fully saturated rings. The zero-order chi connectivity index (χ0) is 35.9. The minimum atomic E-state index is -4.06. The minimum absolute atomic E-state index is 0.0145. The predicted octanol–water partition coefficient (Wildman–Crippen LogP) is 3.35. The molecule has 1 aromatic heterocycles. The highest BCUT2D eigenvalue weighted by Crippen LogP contribution is 2.30. The predicted molar refractivity (Wildman–Crippen MR) is 184 cm³/mol. The SMILES string of the molecule is COc1ccc(S(=O)(=O)N(C)C[C@@H]2OCCCC[C@H](C)Oc3ccc(NS(=O)(=O)c4cn(C)cn4)cc3C(=O)N([C@H](C)CO)C[C@@H]2C)cc1. The molecule has 270 valence electrons. The number of anilines is 1. The molecule has 0 saturated carbocycles. The molecule has 14 nitrogen and oxygen atoms in total. The van der Waals surface area contributed by atoms with Gasteiger partial charge in [0.15, 0.2) is 5.03 Å². The van der Waals surface area contributed by atoms with Crippen molar-refractivity contribution < 1.29 is 40.9 Å². The third-order valence-corrected chi connectivity index (χ3v) is 11.6. The summed E-state index contributed by atoms with van der Waals surface area (Å²) < 4.78 is 76.1. The second kappa shape index (κ2) is 16.3. The van der Waals surface area contributed by atoms with Crippen molar-refractivity contribution in [1.82, 2.24) is 18.8 Å². The van der Waals surface area contributed by atoms with E-state index in [9.17, 15) is 26.7 Å². The highest BCUT2D eigenvalue weighted by Gasteiger charge is 2.33. The molecule has 2 aromatic carbocycles. The number of aliphatic hydroxyl groups excluding tert-OH is 1. The van der Waals surface area contributed by atoms with Gasteiger partial charge in [0.1, 0.15) is 11.5 Å². The molecule has 2 N–H and O–H groups in total. The second-order valence-electron chi connectivity index (χ2n) is 12.5. The molecule has 3 aromatic rings. The maximum atomic E-state index is 14.4. The van der Waals surface area contributed by atoms with Gasteiger partial charge in [-0.25, -0.2) is 13.4 Å². The number of amides is 1. The molecule has 0 aliphatic carbocycles. The molecule has 49 heavy (non-hydrogen) atoms. The van der Waals surface area contributed by atoms with Crippen LogP contribution in [-0.2, 0) is 31.8 Å². The molecule has 1 aliphatic rings. The summed E-state index contributed by atoms with van der Waals surface area (Å²) >= 11 is 0. The third kappa shape index (κ3) is 9.51. The van der Waals surface area contributed by atoms with Crippen LogP contribution in [-0.4, -0.2) is 105 Å². The number of ether oxygens (including phenoxy) is 3. The van der Waals surface area contributed by atoms with Crippen LogP contribution in [0.4, 0.5) is 5.69 Å². The molecule has 4 rings (SSSR count). The second-order valence-corrected chi connectivity index (χ2v) is 16.1. The molecule has 0 bridgehead atoms. The van der Waals surface area contributed by atoms with Gasteiger partial charge in [0.05, 0.1) is 48.8 Å². The Balaban J connectivity index is 1.66. The van der Waals surface area contributed by atoms with Crippen molar-refractivity contribution in [3.63, 3.8) is 0 Å². The average Bonchev–Trinajstić information content (AvgIpc) is 3.53. The Morgan fingerprint density at radius 3 is 2.47 bits per heavy atom. The number of fused-ring (bicyclic) bond motifs is 1. The molecule has 2 heterocycles. The first-order valence-corrected chi connectivity index (χ1v) is 19.0. The highest BCUT2D eigenvalue weighted by molar-refractivity contribution is 7.92. The number of hydrogen-bond donors (Lipinski definition) is 2. The lowest BCUT2D eigenvalue weighted by Crippen LogP contribution is -2.48. The normalized spacial score (nSPS) is 20.6. The zero-order valence-electron chi connectivity index (χ0n) is 28.8. The Morgan fingerprint density at radius 2 is 1.84 bits per heavy atom. The van der Waals surface area contributed by atoms with Crippen molar-refractivity contribution in [3.05, 3.63) is 60.6 Å². The molecular formula is C33H47N5O9S2. The maximum Gasteiger partial charge on any atom is 0.280 e. The van der Waals surface area contributed by atoms with E-state index in [-0.39, 0.29) is 58.6 Å². The summed E-state index contributed by atoms with van der Waals surface area (Å²) in [5.41, 5.74) is 0.237. The Kier molecular flexibility index (Phi) is 12.7. The zero-order valence-corrected chi connectivity index (χ0v) is 30.4. The van der Waals surface area contributed by atoms with Crippen LogP contribution in [0.1, 0.15) is 50.4 Å². The first-order chi connectivity index (χ1) is 23.2. The molecule has 4 atom stereocenters. The fourth-order valence-electron chi connectivity index (χ4n) is 5.46. The topological polar surface area (TPSA) is 170 Å². The van der Waals surface area contributed by atoms with Crippen LogP contribution in [0.5, 0.6) is 11.5 Å². The number of rotatable bonds is 10. The lowest BCUT2D eigenvalue weighted by molar-refractivity contribution is -0.00833. The van der Waals surface area contributed by atoms with Crippen LogP contribution < -0.4 is 14.2 Å². The number of aliphatic hydroxyl groups is 1. The van der Waals surface area contributed by atoms with E-state index < -0.39 is 38.1 Å². The van der Waals surface area contributed by atoms with Gasteiger partial charge < -0.3 is 28.8 Å². The largest absolute Gasteiger partial charge is 0.497 e. The summed E-state index contributed by atoms with van der Waals surface area (Å²) in [5.74, 6) is -0.0735. The van der Waals surface area contributed by atoms with Crippen molar-refractivity contribution >= 4 is 31.6 Å². The van der Waals surface area contributed by atoms with E-state index in [1.54, 1.807) is 32.2 Å². The van der Waals surface area contributed by atoms with Gasteiger partial charge >= 0.3 is 0 Å². The van der Waals surface area contributed by atoms with Gasteiger partial charge in [0, 0.05) is 51.6 Å². The molecule has 1 aliphatic heterocycles. The maximum absolute atomic E-state index is 14.4. The van der Waals surface area contributed by atoms with Crippen molar-refractivity contribution in [2.75, 3.05) is 45.2 Å². The molecule has 0 unspecified atom stereocenters. The summed E-state index contributed by atoms with van der Waals surface area (Å²) in [6.45, 7) is 5.58. The summed E-state index contributed by atoms with van der Waals surface area (Å²) in [5, 5.41) is 10.0. The number of aromatic nitrogens is 2. The quantitative estimate of drug-likeness (QED) is 0.317. The number of nitrogens with one attached hydrogen (secondary N) is 1. The first-order valence-electron chi connectivity index (χ1n) is 16.1. The number of carbonyl (C=O) groups is 1. The van der Waals surface area contributed by atoms with Crippen molar-refractivity contribution in [3.8, 4) is 11.5 Å². The van der Waals surface area contributed by atoms with Crippen LogP contribution in [0.2, 0.25) is 0 Å². The van der Waals surface area contributed by atoms with Crippen LogP contribution >= 0.6 is 0 Å². The van der Waals surface area contributed by atoms with Crippen LogP contribution in [0.25, 0.3) is 0 Å². The fourth-order valence-corrected chi connectivity index (χ4v) is 7.68. The molecule has 16 heteroatoms. The van der Waals surface area contributed by atoms with E-state index >= 15 is 0 Å². The number of imidazole rings is 1. The van der Waals surface area contributed by atoms with E-state index in [4.69, 9.17) is 14.2 Å². The Labute approximate surface area is 289 Å². The molecular weight excluding hydrogens is 675 g/mol. The number of hydrogen-bond acceptors (Lipinski definition) is 10. The van der Waals surface area contributed by atoms with Gasteiger partial charge in [-0.1, -0.05) is 6.92 Å². The summed E-state index contributed by atoms with van der Waals surface area (Å²) in [4.78, 5) is 19.9. The average molecular weight is 722 g/mol. The number of aryl methyl sites for hydroxylation is 1. The monoisotopic (exact) mass is 721 g/mol. The highest BCUT2D eigenvalue weighted by atomic mass is 32.2. The third-order valence-electron chi connectivity index (χ3n) is 8.46. The minimum Gasteiger partial charge on any atom is -0.497 e. The summed E-state index contributed by atoms with van der Waals surface area (Å²) in [6.07, 6.45) is 3.94. The number of carbonyl (C=O) groups excluding carboxylic acids is 1. The summed E-state index contributed by atoms with van der Waals surface area (Å²) in [7, 11) is -3.29. The fraction of sp³-hybridized carbons (Fsp3) is 0.515. The number of nitrogens with zero attached hydrogens (tertiary/aromatic N) is 4. The van der Waals surface area contributed by atoms with Gasteiger partial charge in [0.2, 0.25) is 10.0 Å². The van der Waals surface area contributed by atoms with Crippen molar-refractivity contribution in [1.29, 1.82) is 0 Å². The molecule has 0 radical (unpaired) electrons. The summed E-state index contributed by atoms with van der Waals surface area (Å²) in [6, 6.07) is 9.98. The first kappa shape index (κ1) is 38.1. The van der Waals surface area contributed by atoms with Gasteiger partial charge in [-0.15, -0.1) is 0 Å². The smallest absolute Gasteiger partial charge is 0.280 e. The van der Waals surface area contributed by atoms with Crippen LogP contribution in [0.15, 0.2) is 64.9 Å². The van der Waals surface area contributed by atoms with Crippen molar-refractivity contribution in [2.45, 2.75) is 68.2 Å². The Bertz CT molecular complexity index is 1780. The Hall–Kier alpha value is -3.70. The van der Waals surface area contributed by atoms with Crippen LogP contribution in [0, 0.1) is 5.92 Å². The molecule has 0 saturated heterocycles. The number of benzene rings is 2. The van der Waals surface area contributed by atoms with Crippen LogP contribution in [0.3, 0.4) is 0 Å². The van der Waals surface area contributed by atoms with E-state index in [1.165, 1.54) is 64.7 Å². The Morgan fingerprint density at radius 1 is 1.12 bits per heavy atom. The van der Waals surface area contributed by atoms with Gasteiger partial charge in [0.25, 0.3) is 15.9 Å². The van der Waals surface area contributed by atoms with E-state index in [0.29, 0.717) is 25.2 Å². The molecule has 1 amide bonds. The van der Waals surface area contributed by atoms with Gasteiger partial charge in [-0.05, 0) is 75.6 Å². The number of likely N-dealkylation sites (N-methyl/N-ethyl adjacent to an activating group) is 1. The standard InChI is InChI=1S/C33H47N5O9S2/c1-23-18-38(24(2)21-39)33(40)29-17-26(35-48(41,42)32-20-36(4)22-34-32)10-15-30(29)47-25(3)9-7-8-16-46-31(23)19-37(5)49(43,44)28-13-11-27(45-6)12-14-28/h10-15,17,20,22-25,31,35,39H,7-9,16,18-19,21H2,1-6H3/t23-,24+,25-,31-/m0/s1. The molecule has 0 spiro atoms. The van der Waals surface area contributed by atoms with Gasteiger partial charge in [-0.3, -0.25) is 9.52 Å². The van der Waals surface area contributed by atoms with E-state index in [0.717, 1.165) is 6.42 Å². The number of methoxy groups -OCH3 is 1. The van der Waals surface area contributed by atoms with E-state index in [2.05, 4.69) is 9.71 Å². The lowest BCUT2D eigenvalue weighted by Gasteiger charge is -2.35.